The molecule has 9 heteroatoms. The lowest BCUT2D eigenvalue weighted by Gasteiger charge is -2.12. The highest BCUT2D eigenvalue weighted by atomic mass is 32.2. The number of hydrogen-bond acceptors (Lipinski definition) is 8. The van der Waals surface area contributed by atoms with Gasteiger partial charge in [0.05, 0.1) is 24.8 Å². The molecule has 0 aliphatic heterocycles. The lowest BCUT2D eigenvalue weighted by Crippen LogP contribution is -2.20. The monoisotopic (exact) mass is 383 g/mol. The van der Waals surface area contributed by atoms with Gasteiger partial charge in [0.15, 0.2) is 0 Å². The Morgan fingerprint density at radius 2 is 2.00 bits per heavy atom. The molecule has 0 bridgehead atoms. The van der Waals surface area contributed by atoms with E-state index in [4.69, 9.17) is 14.7 Å². The van der Waals surface area contributed by atoms with Gasteiger partial charge in [0.2, 0.25) is 5.16 Å². The minimum atomic E-state index is -0.714. The predicted molar refractivity (Wildman–Crippen MR) is 99.1 cm³/mol. The Kier molecular flexibility index (Phi) is 6.25. The first kappa shape index (κ1) is 18.7. The number of hydrogen-bond donors (Lipinski definition) is 1. The number of rotatable bonds is 8. The summed E-state index contributed by atoms with van der Waals surface area (Å²) in [7, 11) is 1.58. The fourth-order valence-corrected chi connectivity index (χ4v) is 3.05. The third kappa shape index (κ3) is 4.75. The number of aromatic nitrogens is 4. The summed E-state index contributed by atoms with van der Waals surface area (Å²) in [5, 5.41) is 31.2. The first-order valence-corrected chi connectivity index (χ1v) is 9.05. The molecule has 0 aliphatic rings. The number of para-hydroxylation sites is 2. The topological polar surface area (TPSA) is 106 Å². The van der Waals surface area contributed by atoms with Crippen LogP contribution in [0.2, 0.25) is 0 Å². The molecule has 2 aromatic carbocycles. The van der Waals surface area contributed by atoms with Crippen LogP contribution in [0.5, 0.6) is 11.5 Å². The zero-order chi connectivity index (χ0) is 19.1. The van der Waals surface area contributed by atoms with Crippen LogP contribution in [0.3, 0.4) is 0 Å². The van der Waals surface area contributed by atoms with Gasteiger partial charge in [-0.3, -0.25) is 0 Å². The van der Waals surface area contributed by atoms with Crippen LogP contribution in [0.25, 0.3) is 5.69 Å². The molecule has 0 saturated heterocycles. The quantitative estimate of drug-likeness (QED) is 0.589. The number of ether oxygens (including phenoxy) is 2. The van der Waals surface area contributed by atoms with Gasteiger partial charge in [-0.2, -0.15) is 9.94 Å². The van der Waals surface area contributed by atoms with E-state index >= 15 is 0 Å². The van der Waals surface area contributed by atoms with Gasteiger partial charge >= 0.3 is 0 Å². The van der Waals surface area contributed by atoms with E-state index in [2.05, 4.69) is 15.5 Å². The molecule has 27 heavy (non-hydrogen) atoms. The number of thioether (sulfide) groups is 1. The van der Waals surface area contributed by atoms with Crippen LogP contribution in [-0.4, -0.2) is 50.9 Å². The summed E-state index contributed by atoms with van der Waals surface area (Å²) in [6.45, 7) is 0.120. The molecule has 1 aromatic heterocycles. The Morgan fingerprint density at radius 3 is 2.74 bits per heavy atom. The van der Waals surface area contributed by atoms with Crippen molar-refractivity contribution in [1.29, 1.82) is 5.26 Å². The number of benzene rings is 2. The number of nitriles is 1. The minimum absolute atomic E-state index is 0.120. The van der Waals surface area contributed by atoms with Crippen LogP contribution in [0, 0.1) is 11.3 Å². The molecule has 8 nitrogen and oxygen atoms in total. The smallest absolute Gasteiger partial charge is 0.214 e. The van der Waals surface area contributed by atoms with Crippen molar-refractivity contribution < 1.29 is 14.6 Å². The van der Waals surface area contributed by atoms with Gasteiger partial charge < -0.3 is 14.6 Å². The van der Waals surface area contributed by atoms with Gasteiger partial charge in [-0.05, 0) is 46.8 Å². The van der Waals surface area contributed by atoms with Crippen LogP contribution >= 0.6 is 11.8 Å². The van der Waals surface area contributed by atoms with Crippen molar-refractivity contribution in [2.75, 3.05) is 19.5 Å². The summed E-state index contributed by atoms with van der Waals surface area (Å²) in [6, 6.07) is 16.2. The fraction of sp³-hybridized carbons (Fsp3) is 0.222. The fourth-order valence-electron chi connectivity index (χ4n) is 2.26. The Morgan fingerprint density at radius 1 is 1.22 bits per heavy atom. The van der Waals surface area contributed by atoms with Crippen molar-refractivity contribution in [2.24, 2.45) is 0 Å². The van der Waals surface area contributed by atoms with Gasteiger partial charge in [0.25, 0.3) is 0 Å². The second kappa shape index (κ2) is 9.02. The van der Waals surface area contributed by atoms with Crippen LogP contribution in [0.15, 0.2) is 53.7 Å². The van der Waals surface area contributed by atoms with Gasteiger partial charge in [0.1, 0.15) is 23.8 Å². The number of tetrazole rings is 1. The molecular formula is C18H17N5O3S. The van der Waals surface area contributed by atoms with Crippen molar-refractivity contribution in [1.82, 2.24) is 20.2 Å². The molecule has 0 aliphatic carbocycles. The van der Waals surface area contributed by atoms with Crippen molar-refractivity contribution >= 4 is 11.8 Å². The van der Waals surface area contributed by atoms with Crippen LogP contribution in [-0.2, 0) is 0 Å². The van der Waals surface area contributed by atoms with Crippen LogP contribution < -0.4 is 9.47 Å². The van der Waals surface area contributed by atoms with Crippen molar-refractivity contribution in [3.63, 3.8) is 0 Å². The highest BCUT2D eigenvalue weighted by Crippen LogP contribution is 2.25. The molecule has 1 heterocycles. The molecule has 0 radical (unpaired) electrons. The van der Waals surface area contributed by atoms with Gasteiger partial charge in [-0.1, -0.05) is 23.9 Å². The summed E-state index contributed by atoms with van der Waals surface area (Å²) >= 11 is 1.32. The van der Waals surface area contributed by atoms with E-state index in [1.165, 1.54) is 11.8 Å². The lowest BCUT2D eigenvalue weighted by molar-refractivity contribution is 0.126. The average molecular weight is 383 g/mol. The summed E-state index contributed by atoms with van der Waals surface area (Å²) in [5.74, 6) is 1.60. The summed E-state index contributed by atoms with van der Waals surface area (Å²) in [5.41, 5.74) is 1.28. The molecule has 0 spiro atoms. The van der Waals surface area contributed by atoms with Crippen molar-refractivity contribution in [3.8, 4) is 23.3 Å². The maximum absolute atomic E-state index is 10.2. The number of methoxy groups -OCH3 is 1. The molecule has 0 fully saturated rings. The van der Waals surface area contributed by atoms with E-state index in [1.807, 2.05) is 30.3 Å². The summed E-state index contributed by atoms with van der Waals surface area (Å²) in [6.07, 6.45) is -0.714. The standard InChI is InChI=1S/C18H17N5O3S/c1-25-17-5-3-2-4-16(17)23-18(20-21-22-23)27-12-14(24)11-26-15-8-6-13(10-19)7-9-15/h2-9,14,24H,11-12H2,1H3. The number of aliphatic hydroxyl groups excluding tert-OH is 1. The van der Waals surface area contributed by atoms with Gasteiger partial charge in [0, 0.05) is 5.75 Å². The van der Waals surface area contributed by atoms with E-state index in [1.54, 1.807) is 36.1 Å². The zero-order valence-electron chi connectivity index (χ0n) is 14.5. The minimum Gasteiger partial charge on any atom is -0.494 e. The zero-order valence-corrected chi connectivity index (χ0v) is 15.3. The Bertz CT molecular complexity index is 923. The molecule has 1 N–H and O–H groups in total. The number of nitrogens with zero attached hydrogens (tertiary/aromatic N) is 5. The maximum atomic E-state index is 10.2. The van der Waals surface area contributed by atoms with E-state index in [0.29, 0.717) is 28.0 Å². The van der Waals surface area contributed by atoms with E-state index in [9.17, 15) is 5.11 Å². The predicted octanol–water partition coefficient (Wildman–Crippen LogP) is 2.07. The molecular weight excluding hydrogens is 366 g/mol. The molecule has 1 unspecified atom stereocenters. The third-order valence-corrected chi connectivity index (χ3v) is 4.65. The normalized spacial score (nSPS) is 11.6. The number of aliphatic hydroxyl groups is 1. The van der Waals surface area contributed by atoms with E-state index in [0.717, 1.165) is 5.69 Å². The van der Waals surface area contributed by atoms with Crippen LogP contribution in [0.4, 0.5) is 0 Å². The lowest BCUT2D eigenvalue weighted by atomic mass is 10.2. The van der Waals surface area contributed by atoms with Gasteiger partial charge in [-0.15, -0.1) is 5.10 Å². The largest absolute Gasteiger partial charge is 0.494 e. The summed E-state index contributed by atoms with van der Waals surface area (Å²) in [4.78, 5) is 0. The SMILES string of the molecule is COc1ccccc1-n1nnnc1SCC(O)COc1ccc(C#N)cc1. The Hall–Kier alpha value is -3.09. The Labute approximate surface area is 160 Å². The maximum Gasteiger partial charge on any atom is 0.214 e. The van der Waals surface area contributed by atoms with E-state index in [-0.39, 0.29) is 6.61 Å². The van der Waals surface area contributed by atoms with Crippen LogP contribution in [0.1, 0.15) is 5.56 Å². The van der Waals surface area contributed by atoms with Crippen molar-refractivity contribution in [3.05, 3.63) is 54.1 Å². The first-order valence-electron chi connectivity index (χ1n) is 8.07. The molecule has 3 aromatic rings. The highest BCUT2D eigenvalue weighted by molar-refractivity contribution is 7.99. The highest BCUT2D eigenvalue weighted by Gasteiger charge is 2.15. The first-order chi connectivity index (χ1) is 13.2. The Balaban J connectivity index is 1.57. The molecule has 1 atom stereocenters. The van der Waals surface area contributed by atoms with Gasteiger partial charge in [-0.25, -0.2) is 0 Å². The molecule has 138 valence electrons. The molecule has 0 amide bonds. The van der Waals surface area contributed by atoms with Crippen molar-refractivity contribution in [2.45, 2.75) is 11.3 Å². The molecule has 0 saturated carbocycles. The second-order valence-electron chi connectivity index (χ2n) is 5.46. The average Bonchev–Trinajstić information content (AvgIpc) is 3.19. The van der Waals surface area contributed by atoms with E-state index < -0.39 is 6.10 Å². The third-order valence-electron chi connectivity index (χ3n) is 3.58. The molecule has 3 rings (SSSR count). The summed E-state index contributed by atoms with van der Waals surface area (Å²) < 4.78 is 12.4. The second-order valence-corrected chi connectivity index (χ2v) is 6.44.